The summed E-state index contributed by atoms with van der Waals surface area (Å²) >= 11 is 11.5. The molecule has 0 radical (unpaired) electrons. The van der Waals surface area contributed by atoms with Crippen LogP contribution < -0.4 is 0 Å². The van der Waals surface area contributed by atoms with Crippen molar-refractivity contribution in [1.82, 2.24) is 14.5 Å². The molecule has 3 nitrogen and oxygen atoms in total. The zero-order valence-corrected chi connectivity index (χ0v) is 13.3. The zero-order chi connectivity index (χ0) is 14.1. The Labute approximate surface area is 129 Å². The van der Waals surface area contributed by atoms with Crippen molar-refractivity contribution in [3.8, 4) is 0 Å². The first-order chi connectivity index (χ1) is 9.65. The number of nitrogens with zero attached hydrogens (tertiary/aromatic N) is 2. The third-order valence-electron chi connectivity index (χ3n) is 4.36. The minimum absolute atomic E-state index is 0.740. The lowest BCUT2D eigenvalue weighted by Crippen LogP contribution is -2.32. The lowest BCUT2D eigenvalue weighted by molar-refractivity contribution is 0.237. The van der Waals surface area contributed by atoms with Crippen LogP contribution in [0.1, 0.15) is 25.7 Å². The van der Waals surface area contributed by atoms with Gasteiger partial charge in [-0.3, -0.25) is 0 Å². The van der Waals surface area contributed by atoms with Crippen molar-refractivity contribution in [2.75, 3.05) is 13.6 Å². The molecule has 0 atom stereocenters. The lowest BCUT2D eigenvalue weighted by atomic mass is 10.2. The van der Waals surface area contributed by atoms with Gasteiger partial charge in [0.05, 0.1) is 11.0 Å². The maximum Gasteiger partial charge on any atom is 0.178 e. The van der Waals surface area contributed by atoms with Gasteiger partial charge in [-0.15, -0.1) is 0 Å². The molecule has 1 aliphatic carbocycles. The Hall–Kier alpha value is -0.840. The van der Waals surface area contributed by atoms with Crippen molar-refractivity contribution in [2.24, 2.45) is 0 Å². The molecule has 0 spiro atoms. The van der Waals surface area contributed by atoms with E-state index in [-0.39, 0.29) is 0 Å². The Morgan fingerprint density at radius 2 is 2.15 bits per heavy atom. The average molecular weight is 310 g/mol. The molecular formula is C15H20ClN3S. The second kappa shape index (κ2) is 5.88. The molecule has 0 bridgehead atoms. The van der Waals surface area contributed by atoms with Crippen LogP contribution >= 0.6 is 23.8 Å². The number of aromatic amines is 1. The largest absolute Gasteiger partial charge is 0.331 e. The maximum absolute atomic E-state index is 6.02. The summed E-state index contributed by atoms with van der Waals surface area (Å²) in [5.41, 5.74) is 2.16. The second-order valence-corrected chi connectivity index (χ2v) is 6.49. The molecular weight excluding hydrogens is 290 g/mol. The lowest BCUT2D eigenvalue weighted by Gasteiger charge is -2.24. The van der Waals surface area contributed by atoms with Gasteiger partial charge in [-0.2, -0.15) is 0 Å². The van der Waals surface area contributed by atoms with Crippen LogP contribution in [0.15, 0.2) is 18.2 Å². The molecule has 1 aromatic heterocycles. The van der Waals surface area contributed by atoms with Crippen molar-refractivity contribution in [3.63, 3.8) is 0 Å². The molecule has 0 saturated heterocycles. The number of rotatable bonds is 4. The van der Waals surface area contributed by atoms with Crippen LogP contribution in [0.25, 0.3) is 11.0 Å². The van der Waals surface area contributed by atoms with E-state index in [9.17, 15) is 0 Å². The Bertz CT molecular complexity index is 655. The standard InChI is InChI=1S/C15H20ClN3S/c1-18(12-4-2-3-5-12)8-9-19-14-7-6-11(16)10-13(14)17-15(19)20/h6-7,10,12H,2-5,8-9H2,1H3,(H,17,20). The highest BCUT2D eigenvalue weighted by Gasteiger charge is 2.19. The fourth-order valence-corrected chi connectivity index (χ4v) is 3.61. The van der Waals surface area contributed by atoms with Crippen molar-refractivity contribution >= 4 is 34.9 Å². The summed E-state index contributed by atoms with van der Waals surface area (Å²) in [6.07, 6.45) is 5.43. The fourth-order valence-electron chi connectivity index (χ4n) is 3.14. The summed E-state index contributed by atoms with van der Waals surface area (Å²) in [6, 6.07) is 6.65. The monoisotopic (exact) mass is 309 g/mol. The van der Waals surface area contributed by atoms with Crippen molar-refractivity contribution in [1.29, 1.82) is 0 Å². The molecule has 0 aliphatic heterocycles. The SMILES string of the molecule is CN(CCn1c(=S)[nH]c2cc(Cl)ccc21)C1CCCC1. The number of imidazole rings is 1. The van der Waals surface area contributed by atoms with Gasteiger partial charge in [0.25, 0.3) is 0 Å². The van der Waals surface area contributed by atoms with Crippen molar-refractivity contribution < 1.29 is 0 Å². The first kappa shape index (κ1) is 14.1. The number of hydrogen-bond acceptors (Lipinski definition) is 2. The fraction of sp³-hybridized carbons (Fsp3) is 0.533. The van der Waals surface area contributed by atoms with Gasteiger partial charge in [-0.05, 0) is 50.3 Å². The van der Waals surface area contributed by atoms with E-state index in [1.807, 2.05) is 18.2 Å². The first-order valence-electron chi connectivity index (χ1n) is 7.23. The van der Waals surface area contributed by atoms with E-state index in [0.717, 1.165) is 40.0 Å². The number of likely N-dealkylation sites (N-methyl/N-ethyl adjacent to an activating group) is 1. The van der Waals surface area contributed by atoms with Crippen LogP contribution in [0.4, 0.5) is 0 Å². The molecule has 1 N–H and O–H groups in total. The summed E-state index contributed by atoms with van der Waals surface area (Å²) in [7, 11) is 2.23. The highest BCUT2D eigenvalue weighted by molar-refractivity contribution is 7.71. The van der Waals surface area contributed by atoms with Gasteiger partial charge in [0, 0.05) is 24.2 Å². The molecule has 1 fully saturated rings. The third-order valence-corrected chi connectivity index (χ3v) is 4.92. The number of hydrogen-bond donors (Lipinski definition) is 1. The van der Waals surface area contributed by atoms with E-state index in [2.05, 4.69) is 21.5 Å². The third kappa shape index (κ3) is 2.78. The van der Waals surface area contributed by atoms with E-state index < -0.39 is 0 Å². The molecule has 108 valence electrons. The van der Waals surface area contributed by atoms with Crippen LogP contribution in [0, 0.1) is 4.77 Å². The van der Waals surface area contributed by atoms with Crippen molar-refractivity contribution in [3.05, 3.63) is 28.0 Å². The minimum Gasteiger partial charge on any atom is -0.331 e. The highest BCUT2D eigenvalue weighted by Crippen LogP contribution is 2.23. The Kier molecular flexibility index (Phi) is 4.15. The molecule has 3 rings (SSSR count). The number of nitrogens with one attached hydrogen (secondary N) is 1. The predicted molar refractivity (Wildman–Crippen MR) is 87.0 cm³/mol. The second-order valence-electron chi connectivity index (χ2n) is 5.66. The maximum atomic E-state index is 6.02. The number of benzene rings is 1. The van der Waals surface area contributed by atoms with Gasteiger partial charge in [0.1, 0.15) is 0 Å². The molecule has 2 aromatic rings. The number of H-pyrrole nitrogens is 1. The first-order valence-corrected chi connectivity index (χ1v) is 8.02. The van der Waals surface area contributed by atoms with Gasteiger partial charge in [-0.25, -0.2) is 0 Å². The molecule has 20 heavy (non-hydrogen) atoms. The average Bonchev–Trinajstić information content (AvgIpc) is 3.03. The van der Waals surface area contributed by atoms with Gasteiger partial charge >= 0.3 is 0 Å². The van der Waals surface area contributed by atoms with Gasteiger partial charge < -0.3 is 14.5 Å². The Balaban J connectivity index is 1.77. The number of fused-ring (bicyclic) bond motifs is 1. The minimum atomic E-state index is 0.740. The van der Waals surface area contributed by atoms with E-state index >= 15 is 0 Å². The summed E-state index contributed by atoms with van der Waals surface area (Å²) in [5, 5.41) is 0.740. The van der Waals surface area contributed by atoms with Gasteiger partial charge in [0.15, 0.2) is 4.77 Å². The topological polar surface area (TPSA) is 24.0 Å². The van der Waals surface area contributed by atoms with Gasteiger partial charge in [0.2, 0.25) is 0 Å². The zero-order valence-electron chi connectivity index (χ0n) is 11.7. The number of aromatic nitrogens is 2. The smallest absolute Gasteiger partial charge is 0.178 e. The van der Waals surface area contributed by atoms with Crippen LogP contribution in [-0.4, -0.2) is 34.1 Å². The predicted octanol–water partition coefficient (Wildman–Crippen LogP) is 4.23. The van der Waals surface area contributed by atoms with E-state index in [1.165, 1.54) is 25.7 Å². The normalized spacial score (nSPS) is 16.6. The molecule has 1 saturated carbocycles. The molecule has 1 heterocycles. The summed E-state index contributed by atoms with van der Waals surface area (Å²) in [6.45, 7) is 1.96. The van der Waals surface area contributed by atoms with E-state index in [4.69, 9.17) is 23.8 Å². The molecule has 1 aromatic carbocycles. The Morgan fingerprint density at radius 1 is 1.40 bits per heavy atom. The van der Waals surface area contributed by atoms with Crippen molar-refractivity contribution in [2.45, 2.75) is 38.3 Å². The highest BCUT2D eigenvalue weighted by atomic mass is 35.5. The molecule has 1 aliphatic rings. The Morgan fingerprint density at radius 3 is 2.90 bits per heavy atom. The van der Waals surface area contributed by atoms with Crippen LogP contribution in [0.2, 0.25) is 5.02 Å². The summed E-state index contributed by atoms with van der Waals surface area (Å²) in [5.74, 6) is 0. The number of halogens is 1. The van der Waals surface area contributed by atoms with Crippen LogP contribution in [0.3, 0.4) is 0 Å². The van der Waals surface area contributed by atoms with E-state index in [1.54, 1.807) is 0 Å². The molecule has 0 amide bonds. The summed E-state index contributed by atoms with van der Waals surface area (Å²) < 4.78 is 2.95. The quantitative estimate of drug-likeness (QED) is 0.855. The van der Waals surface area contributed by atoms with E-state index in [0.29, 0.717) is 0 Å². The van der Waals surface area contributed by atoms with Crippen LogP contribution in [-0.2, 0) is 6.54 Å². The van der Waals surface area contributed by atoms with Gasteiger partial charge in [-0.1, -0.05) is 24.4 Å². The van der Waals surface area contributed by atoms with Crippen LogP contribution in [0.5, 0.6) is 0 Å². The molecule has 5 heteroatoms. The molecule has 0 unspecified atom stereocenters. The summed E-state index contributed by atoms with van der Waals surface area (Å²) in [4.78, 5) is 5.71.